The highest BCUT2D eigenvalue weighted by molar-refractivity contribution is 6.05. The van der Waals surface area contributed by atoms with Gasteiger partial charge in [0.25, 0.3) is 5.91 Å². The van der Waals surface area contributed by atoms with E-state index in [1.54, 1.807) is 18.3 Å². The number of nitrogens with one attached hydrogen (secondary N) is 2. The van der Waals surface area contributed by atoms with Crippen LogP contribution in [-0.2, 0) is 4.74 Å². The summed E-state index contributed by atoms with van der Waals surface area (Å²) >= 11 is 0. The number of hydrogen-bond donors (Lipinski definition) is 3. The molecule has 1 fully saturated rings. The van der Waals surface area contributed by atoms with Gasteiger partial charge in [-0.05, 0) is 60.5 Å². The van der Waals surface area contributed by atoms with Crippen molar-refractivity contribution in [3.05, 3.63) is 72.4 Å². The number of amides is 1. The number of nitrogen functional groups attached to an aromatic ring is 1. The number of para-hydroxylation sites is 2. The van der Waals surface area contributed by atoms with Crippen molar-refractivity contribution in [2.24, 2.45) is 0 Å². The molecule has 0 atom stereocenters. The molecular formula is C25H29N5O2. The summed E-state index contributed by atoms with van der Waals surface area (Å²) in [5.74, 6) is 0.664. The number of carbonyl (C=O) groups excluding carboxylic acids is 1. The van der Waals surface area contributed by atoms with Crippen LogP contribution in [-0.4, -0.2) is 55.2 Å². The lowest BCUT2D eigenvalue weighted by Gasteiger charge is -2.26. The molecule has 32 heavy (non-hydrogen) atoms. The molecule has 1 aliphatic rings. The lowest BCUT2D eigenvalue weighted by molar-refractivity contribution is 0.0378. The van der Waals surface area contributed by atoms with Gasteiger partial charge in [0.2, 0.25) is 0 Å². The molecule has 0 spiro atoms. The van der Waals surface area contributed by atoms with Crippen LogP contribution in [0.3, 0.4) is 0 Å². The van der Waals surface area contributed by atoms with Crippen LogP contribution < -0.4 is 16.4 Å². The Balaban J connectivity index is 1.32. The molecule has 0 saturated carbocycles. The van der Waals surface area contributed by atoms with E-state index in [0.29, 0.717) is 16.9 Å². The fourth-order valence-electron chi connectivity index (χ4n) is 3.67. The number of hydrogen-bond acceptors (Lipinski definition) is 6. The predicted molar refractivity (Wildman–Crippen MR) is 129 cm³/mol. The molecule has 7 heteroatoms. The van der Waals surface area contributed by atoms with Crippen LogP contribution in [0.25, 0.3) is 11.1 Å². The SMILES string of the molecule is Nc1ccccc1NC(=O)c1ccc(-c2ccnc(NCCCN3CCOCC3)c2)cc1. The Morgan fingerprint density at radius 1 is 1.03 bits per heavy atom. The molecule has 0 aliphatic carbocycles. The van der Waals surface area contributed by atoms with E-state index in [9.17, 15) is 4.79 Å². The Labute approximate surface area is 188 Å². The Morgan fingerprint density at radius 2 is 1.81 bits per heavy atom. The number of nitrogens with zero attached hydrogens (tertiary/aromatic N) is 2. The van der Waals surface area contributed by atoms with Gasteiger partial charge < -0.3 is 21.1 Å². The summed E-state index contributed by atoms with van der Waals surface area (Å²) in [7, 11) is 0. The molecule has 1 amide bonds. The van der Waals surface area contributed by atoms with Crippen LogP contribution in [0.2, 0.25) is 0 Å². The van der Waals surface area contributed by atoms with Gasteiger partial charge >= 0.3 is 0 Å². The second-order valence-electron chi connectivity index (χ2n) is 7.78. The molecule has 0 unspecified atom stereocenters. The minimum Gasteiger partial charge on any atom is -0.397 e. The van der Waals surface area contributed by atoms with Crippen molar-refractivity contribution >= 4 is 23.1 Å². The van der Waals surface area contributed by atoms with Crippen molar-refractivity contribution in [3.8, 4) is 11.1 Å². The summed E-state index contributed by atoms with van der Waals surface area (Å²) in [5.41, 5.74) is 9.72. The molecule has 166 valence electrons. The standard InChI is InChI=1S/C25H29N5O2/c26-22-4-1-2-5-23(22)29-25(31)20-8-6-19(7-9-20)21-10-12-28-24(18-21)27-11-3-13-30-14-16-32-17-15-30/h1-2,4-10,12,18H,3,11,13-17,26H2,(H,27,28)(H,29,31). The maximum Gasteiger partial charge on any atom is 0.255 e. The normalized spacial score (nSPS) is 14.1. The van der Waals surface area contributed by atoms with E-state index in [4.69, 9.17) is 10.5 Å². The van der Waals surface area contributed by atoms with Gasteiger partial charge in [-0.3, -0.25) is 9.69 Å². The van der Waals surface area contributed by atoms with Gasteiger partial charge in [-0.15, -0.1) is 0 Å². The van der Waals surface area contributed by atoms with E-state index in [-0.39, 0.29) is 5.91 Å². The number of nitrogens with two attached hydrogens (primary N) is 1. The number of aromatic nitrogens is 1. The highest BCUT2D eigenvalue weighted by Gasteiger charge is 2.10. The quantitative estimate of drug-likeness (QED) is 0.372. The average Bonchev–Trinajstić information content (AvgIpc) is 2.84. The molecule has 2 aromatic carbocycles. The maximum absolute atomic E-state index is 12.5. The van der Waals surface area contributed by atoms with Crippen molar-refractivity contribution < 1.29 is 9.53 Å². The fraction of sp³-hybridized carbons (Fsp3) is 0.280. The van der Waals surface area contributed by atoms with Crippen LogP contribution in [0.4, 0.5) is 17.2 Å². The number of carbonyl (C=O) groups is 1. The third kappa shape index (κ3) is 5.84. The van der Waals surface area contributed by atoms with Crippen molar-refractivity contribution in [3.63, 3.8) is 0 Å². The molecule has 1 aliphatic heterocycles. The van der Waals surface area contributed by atoms with Crippen molar-refractivity contribution in [2.75, 3.05) is 55.8 Å². The Hall–Kier alpha value is -3.42. The first-order valence-corrected chi connectivity index (χ1v) is 11.0. The van der Waals surface area contributed by atoms with Gasteiger partial charge in [0.05, 0.1) is 24.6 Å². The van der Waals surface area contributed by atoms with E-state index in [0.717, 1.165) is 62.8 Å². The molecule has 1 aromatic heterocycles. The molecule has 2 heterocycles. The van der Waals surface area contributed by atoms with E-state index in [1.807, 2.05) is 48.5 Å². The topological polar surface area (TPSA) is 92.5 Å². The van der Waals surface area contributed by atoms with Crippen molar-refractivity contribution in [2.45, 2.75) is 6.42 Å². The fourth-order valence-corrected chi connectivity index (χ4v) is 3.67. The number of morpholine rings is 1. The largest absolute Gasteiger partial charge is 0.397 e. The molecular weight excluding hydrogens is 402 g/mol. The van der Waals surface area contributed by atoms with Crippen molar-refractivity contribution in [1.29, 1.82) is 0 Å². The van der Waals surface area contributed by atoms with Crippen molar-refractivity contribution in [1.82, 2.24) is 9.88 Å². The van der Waals surface area contributed by atoms with Crippen LogP contribution in [0.15, 0.2) is 66.9 Å². The summed E-state index contributed by atoms with van der Waals surface area (Å²) in [5, 5.41) is 6.26. The molecule has 4 rings (SSSR count). The van der Waals surface area contributed by atoms with Gasteiger partial charge in [0.15, 0.2) is 0 Å². The van der Waals surface area contributed by atoms with Gasteiger partial charge in [-0.1, -0.05) is 24.3 Å². The first-order valence-electron chi connectivity index (χ1n) is 11.0. The van der Waals surface area contributed by atoms with Crippen LogP contribution in [0.5, 0.6) is 0 Å². The number of pyridine rings is 1. The zero-order chi connectivity index (χ0) is 22.2. The third-order valence-corrected chi connectivity index (χ3v) is 5.51. The van der Waals surface area contributed by atoms with E-state index < -0.39 is 0 Å². The van der Waals surface area contributed by atoms with Gasteiger partial charge in [-0.25, -0.2) is 4.98 Å². The summed E-state index contributed by atoms with van der Waals surface area (Å²) in [4.78, 5) is 19.4. The van der Waals surface area contributed by atoms with E-state index in [1.165, 1.54) is 0 Å². The highest BCUT2D eigenvalue weighted by atomic mass is 16.5. The second kappa shape index (κ2) is 10.7. The predicted octanol–water partition coefficient (Wildman–Crippen LogP) is 3.72. The Bertz CT molecular complexity index is 1030. The lowest BCUT2D eigenvalue weighted by Crippen LogP contribution is -2.37. The summed E-state index contributed by atoms with van der Waals surface area (Å²) in [6.45, 7) is 5.63. The van der Waals surface area contributed by atoms with Crippen LogP contribution >= 0.6 is 0 Å². The highest BCUT2D eigenvalue weighted by Crippen LogP contribution is 2.23. The third-order valence-electron chi connectivity index (χ3n) is 5.51. The monoisotopic (exact) mass is 431 g/mol. The Morgan fingerprint density at radius 3 is 2.59 bits per heavy atom. The maximum atomic E-state index is 12.5. The molecule has 0 radical (unpaired) electrons. The number of anilines is 3. The molecule has 1 saturated heterocycles. The summed E-state index contributed by atoms with van der Waals surface area (Å²) in [6, 6.07) is 18.8. The molecule has 7 nitrogen and oxygen atoms in total. The molecule has 3 aromatic rings. The van der Waals surface area contributed by atoms with E-state index in [2.05, 4.69) is 20.5 Å². The minimum absolute atomic E-state index is 0.188. The summed E-state index contributed by atoms with van der Waals surface area (Å²) in [6.07, 6.45) is 2.86. The summed E-state index contributed by atoms with van der Waals surface area (Å²) < 4.78 is 5.39. The zero-order valence-electron chi connectivity index (χ0n) is 18.1. The van der Waals surface area contributed by atoms with Gasteiger partial charge in [0.1, 0.15) is 5.82 Å². The zero-order valence-corrected chi connectivity index (χ0v) is 18.1. The first-order chi connectivity index (χ1) is 15.7. The first kappa shape index (κ1) is 21.8. The van der Waals surface area contributed by atoms with E-state index >= 15 is 0 Å². The molecule has 4 N–H and O–H groups in total. The van der Waals surface area contributed by atoms with Gasteiger partial charge in [0, 0.05) is 31.4 Å². The minimum atomic E-state index is -0.188. The van der Waals surface area contributed by atoms with Gasteiger partial charge in [-0.2, -0.15) is 0 Å². The Kier molecular flexibility index (Phi) is 7.32. The molecule has 0 bridgehead atoms. The lowest BCUT2D eigenvalue weighted by atomic mass is 10.0. The smallest absolute Gasteiger partial charge is 0.255 e. The number of ether oxygens (including phenoxy) is 1. The van der Waals surface area contributed by atoms with Crippen LogP contribution in [0, 0.1) is 0 Å². The average molecular weight is 432 g/mol. The van der Waals surface area contributed by atoms with Crippen LogP contribution in [0.1, 0.15) is 16.8 Å². The second-order valence-corrected chi connectivity index (χ2v) is 7.78. The number of benzene rings is 2. The number of rotatable bonds is 8.